The summed E-state index contributed by atoms with van der Waals surface area (Å²) in [6.07, 6.45) is 0. The van der Waals surface area contributed by atoms with Gasteiger partial charge in [0.1, 0.15) is 0 Å². The molecular formula is C4H5ClN2O. The molecule has 0 spiro atoms. The smallest absolute Gasteiger partial charge is 0.252 e. The van der Waals surface area contributed by atoms with Crippen molar-refractivity contribution in [3.63, 3.8) is 0 Å². The molecule has 8 heavy (non-hydrogen) atoms. The number of nitriles is 1. The molecule has 3 nitrogen and oxygen atoms in total. The van der Waals surface area contributed by atoms with Crippen LogP contribution in [0.3, 0.4) is 0 Å². The van der Waals surface area contributed by atoms with Gasteiger partial charge in [0.25, 0.3) is 5.91 Å². The Hall–Kier alpha value is -0.750. The van der Waals surface area contributed by atoms with Crippen molar-refractivity contribution in [2.75, 3.05) is 0 Å². The van der Waals surface area contributed by atoms with Gasteiger partial charge in [0.15, 0.2) is 0 Å². The summed E-state index contributed by atoms with van der Waals surface area (Å²) >= 11 is 5.22. The predicted molar refractivity (Wildman–Crippen MR) is 29.1 cm³/mol. The van der Waals surface area contributed by atoms with E-state index in [1.165, 1.54) is 13.0 Å². The second-order valence-electron chi connectivity index (χ2n) is 1.48. The molecule has 0 rings (SSSR count). The first-order valence-electron chi connectivity index (χ1n) is 1.91. The Kier molecular flexibility index (Phi) is 1.82. The van der Waals surface area contributed by atoms with Crippen LogP contribution in [0.1, 0.15) is 6.92 Å². The molecule has 0 fully saturated rings. The van der Waals surface area contributed by atoms with E-state index >= 15 is 0 Å². The number of rotatable bonds is 1. The molecule has 0 heterocycles. The minimum Gasteiger partial charge on any atom is -0.367 e. The first-order chi connectivity index (χ1) is 3.50. The van der Waals surface area contributed by atoms with E-state index in [2.05, 4.69) is 5.73 Å². The van der Waals surface area contributed by atoms with Crippen LogP contribution in [0.15, 0.2) is 0 Å². The molecule has 4 heteroatoms. The third-order valence-corrected chi connectivity index (χ3v) is 0.943. The fourth-order valence-electron chi connectivity index (χ4n) is 0.0551. The normalized spacial score (nSPS) is 16.1. The monoisotopic (exact) mass is 132 g/mol. The molecule has 0 aliphatic rings. The summed E-state index contributed by atoms with van der Waals surface area (Å²) in [6, 6.07) is 1.53. The first kappa shape index (κ1) is 7.25. The van der Waals surface area contributed by atoms with Crippen LogP contribution in [-0.2, 0) is 4.79 Å². The van der Waals surface area contributed by atoms with E-state index in [0.717, 1.165) is 0 Å². The van der Waals surface area contributed by atoms with E-state index in [1.807, 2.05) is 0 Å². The van der Waals surface area contributed by atoms with Crippen LogP contribution < -0.4 is 5.73 Å². The Balaban J connectivity index is 4.19. The van der Waals surface area contributed by atoms with Gasteiger partial charge in [-0.25, -0.2) is 0 Å². The Bertz CT molecular complexity index is 147. The molecule has 0 bridgehead atoms. The molecule has 0 aromatic carbocycles. The summed E-state index contributed by atoms with van der Waals surface area (Å²) in [6.45, 7) is 1.25. The van der Waals surface area contributed by atoms with Gasteiger partial charge in [-0.05, 0) is 6.92 Å². The van der Waals surface area contributed by atoms with Crippen LogP contribution in [-0.4, -0.2) is 10.8 Å². The number of alkyl halides is 1. The number of amides is 1. The van der Waals surface area contributed by atoms with Gasteiger partial charge in [-0.3, -0.25) is 4.79 Å². The van der Waals surface area contributed by atoms with Crippen LogP contribution in [0, 0.1) is 11.3 Å². The van der Waals surface area contributed by atoms with E-state index < -0.39 is 10.8 Å². The van der Waals surface area contributed by atoms with Crippen LogP contribution in [0.4, 0.5) is 0 Å². The molecule has 0 saturated heterocycles. The van der Waals surface area contributed by atoms with Gasteiger partial charge >= 0.3 is 0 Å². The molecule has 0 saturated carbocycles. The molecule has 0 aliphatic heterocycles. The highest BCUT2D eigenvalue weighted by atomic mass is 35.5. The van der Waals surface area contributed by atoms with Crippen molar-refractivity contribution in [1.29, 1.82) is 5.26 Å². The number of carbonyl (C=O) groups is 1. The van der Waals surface area contributed by atoms with Crippen molar-refractivity contribution < 1.29 is 4.79 Å². The van der Waals surface area contributed by atoms with Crippen LogP contribution in [0.5, 0.6) is 0 Å². The van der Waals surface area contributed by atoms with Gasteiger partial charge in [0.05, 0.1) is 6.07 Å². The zero-order valence-corrected chi connectivity index (χ0v) is 5.07. The lowest BCUT2D eigenvalue weighted by Gasteiger charge is -2.03. The van der Waals surface area contributed by atoms with Crippen LogP contribution in [0.25, 0.3) is 0 Å². The molecular weight excluding hydrogens is 128 g/mol. The fourth-order valence-corrected chi connectivity index (χ4v) is 0.0551. The summed E-state index contributed by atoms with van der Waals surface area (Å²) in [5, 5.41) is 8.08. The molecule has 1 amide bonds. The number of primary amides is 1. The highest BCUT2D eigenvalue weighted by Crippen LogP contribution is 2.09. The largest absolute Gasteiger partial charge is 0.367 e. The van der Waals surface area contributed by atoms with Gasteiger partial charge in [-0.15, -0.1) is 0 Å². The molecule has 0 aromatic heterocycles. The fraction of sp³-hybridized carbons (Fsp3) is 0.500. The lowest BCUT2D eigenvalue weighted by Crippen LogP contribution is -2.33. The molecule has 0 radical (unpaired) electrons. The molecule has 44 valence electrons. The average Bonchev–Trinajstić information content (AvgIpc) is 1.67. The summed E-state index contributed by atoms with van der Waals surface area (Å²) < 4.78 is 0. The minimum absolute atomic E-state index is 0.818. The Morgan fingerprint density at radius 3 is 2.38 bits per heavy atom. The van der Waals surface area contributed by atoms with Gasteiger partial charge in [0.2, 0.25) is 4.87 Å². The van der Waals surface area contributed by atoms with Crippen LogP contribution in [0.2, 0.25) is 0 Å². The number of hydrogen-bond donors (Lipinski definition) is 1. The van der Waals surface area contributed by atoms with E-state index in [1.54, 1.807) is 0 Å². The lowest BCUT2D eigenvalue weighted by molar-refractivity contribution is -0.118. The molecule has 0 aliphatic carbocycles. The van der Waals surface area contributed by atoms with Gasteiger partial charge in [-0.1, -0.05) is 11.6 Å². The number of nitrogens with two attached hydrogens (primary N) is 1. The van der Waals surface area contributed by atoms with Crippen molar-refractivity contribution in [3.8, 4) is 6.07 Å². The third kappa shape index (κ3) is 1.39. The summed E-state index contributed by atoms with van der Waals surface area (Å²) in [7, 11) is 0. The zero-order chi connectivity index (χ0) is 6.78. The number of nitrogens with zero attached hydrogens (tertiary/aromatic N) is 1. The van der Waals surface area contributed by atoms with E-state index in [4.69, 9.17) is 16.9 Å². The molecule has 1 unspecified atom stereocenters. The van der Waals surface area contributed by atoms with Crippen molar-refractivity contribution in [2.24, 2.45) is 5.73 Å². The highest BCUT2D eigenvalue weighted by molar-refractivity contribution is 6.36. The first-order valence-corrected chi connectivity index (χ1v) is 2.28. The lowest BCUT2D eigenvalue weighted by atomic mass is 10.2. The van der Waals surface area contributed by atoms with Crippen molar-refractivity contribution in [3.05, 3.63) is 0 Å². The maximum Gasteiger partial charge on any atom is 0.252 e. The van der Waals surface area contributed by atoms with E-state index in [-0.39, 0.29) is 0 Å². The van der Waals surface area contributed by atoms with Crippen molar-refractivity contribution in [2.45, 2.75) is 11.8 Å². The quantitative estimate of drug-likeness (QED) is 0.510. The number of halogens is 1. The van der Waals surface area contributed by atoms with Crippen LogP contribution >= 0.6 is 11.6 Å². The number of hydrogen-bond acceptors (Lipinski definition) is 2. The second-order valence-corrected chi connectivity index (χ2v) is 2.23. The zero-order valence-electron chi connectivity index (χ0n) is 4.31. The van der Waals surface area contributed by atoms with Gasteiger partial charge in [-0.2, -0.15) is 5.26 Å². The van der Waals surface area contributed by atoms with Crippen molar-refractivity contribution >= 4 is 17.5 Å². The summed E-state index contributed by atoms with van der Waals surface area (Å²) in [4.78, 5) is 8.58. The van der Waals surface area contributed by atoms with E-state index in [0.29, 0.717) is 0 Å². The maximum atomic E-state index is 10.1. The van der Waals surface area contributed by atoms with Gasteiger partial charge in [0, 0.05) is 0 Å². The third-order valence-electron chi connectivity index (χ3n) is 0.673. The predicted octanol–water partition coefficient (Wildman–Crippen LogP) is -0.00722. The minimum atomic E-state index is -1.54. The molecule has 1 atom stereocenters. The molecule has 0 aromatic rings. The van der Waals surface area contributed by atoms with E-state index in [9.17, 15) is 4.79 Å². The Morgan fingerprint density at radius 1 is 2.00 bits per heavy atom. The maximum absolute atomic E-state index is 10.1. The van der Waals surface area contributed by atoms with Crippen molar-refractivity contribution in [1.82, 2.24) is 0 Å². The topological polar surface area (TPSA) is 66.9 Å². The standard InChI is InChI=1S/C4H5ClN2O/c1-4(5,2-6)3(7)8/h1H3,(H2,7,8). The molecule has 2 N–H and O–H groups in total. The SMILES string of the molecule is CC(Cl)(C#N)C(N)=O. The Morgan fingerprint density at radius 2 is 2.38 bits per heavy atom. The van der Waals surface area contributed by atoms with Gasteiger partial charge < -0.3 is 5.73 Å². The second kappa shape index (κ2) is 2.01. The summed E-state index contributed by atoms with van der Waals surface area (Å²) in [5.41, 5.74) is 4.69. The highest BCUT2D eigenvalue weighted by Gasteiger charge is 2.26. The number of carbonyl (C=O) groups excluding carboxylic acids is 1. The summed E-state index contributed by atoms with van der Waals surface area (Å²) in [5.74, 6) is -0.818. The average molecular weight is 133 g/mol. The Labute approximate surface area is 52.0 Å².